The minimum Gasteiger partial charge on any atom is -0.298 e. The summed E-state index contributed by atoms with van der Waals surface area (Å²) >= 11 is 0. The second-order valence-corrected chi connectivity index (χ2v) is 5.75. The van der Waals surface area contributed by atoms with Crippen LogP contribution in [0.1, 0.15) is 35.4 Å². The van der Waals surface area contributed by atoms with Crippen molar-refractivity contribution in [3.63, 3.8) is 0 Å². The molecule has 1 fully saturated rings. The molecule has 98 valence electrons. The van der Waals surface area contributed by atoms with E-state index in [1.165, 1.54) is 5.56 Å². The van der Waals surface area contributed by atoms with Crippen LogP contribution in [0.5, 0.6) is 0 Å². The van der Waals surface area contributed by atoms with Gasteiger partial charge in [0.1, 0.15) is 5.92 Å². The molecule has 3 rings (SSSR count). The Morgan fingerprint density at radius 1 is 0.947 bits per heavy atom. The van der Waals surface area contributed by atoms with Crippen LogP contribution in [0.4, 0.5) is 0 Å². The van der Waals surface area contributed by atoms with Crippen molar-refractivity contribution >= 4 is 11.6 Å². The monoisotopic (exact) mass is 254 g/mol. The van der Waals surface area contributed by atoms with Crippen molar-refractivity contribution in [1.29, 1.82) is 0 Å². The fourth-order valence-corrected chi connectivity index (χ4v) is 3.47. The lowest BCUT2D eigenvalue weighted by molar-refractivity contribution is -0.125. The summed E-state index contributed by atoms with van der Waals surface area (Å²) in [6, 6.07) is 6.00. The molecule has 0 saturated heterocycles. The van der Waals surface area contributed by atoms with Crippen LogP contribution in [0.3, 0.4) is 0 Å². The second kappa shape index (κ2) is 4.44. The fourth-order valence-electron chi connectivity index (χ4n) is 3.47. The first kappa shape index (κ1) is 12.3. The number of hydrogen-bond donors (Lipinski definition) is 0. The summed E-state index contributed by atoms with van der Waals surface area (Å²) in [7, 11) is 0. The van der Waals surface area contributed by atoms with Crippen LogP contribution in [0, 0.1) is 25.7 Å². The van der Waals surface area contributed by atoms with Crippen molar-refractivity contribution in [2.24, 2.45) is 11.8 Å². The van der Waals surface area contributed by atoms with Gasteiger partial charge in [0.05, 0.1) is 0 Å². The van der Waals surface area contributed by atoms with E-state index in [1.807, 2.05) is 38.1 Å². The van der Waals surface area contributed by atoms with Gasteiger partial charge in [-0.25, -0.2) is 0 Å². The summed E-state index contributed by atoms with van der Waals surface area (Å²) in [5, 5.41) is 0. The first-order valence-corrected chi connectivity index (χ1v) is 6.89. The highest BCUT2D eigenvalue weighted by molar-refractivity contribution is 6.16. The van der Waals surface area contributed by atoms with Gasteiger partial charge >= 0.3 is 0 Å². The molecule has 0 heterocycles. The van der Waals surface area contributed by atoms with E-state index in [4.69, 9.17) is 0 Å². The molecule has 0 amide bonds. The fraction of sp³-hybridized carbons (Fsp3) is 0.412. The van der Waals surface area contributed by atoms with Gasteiger partial charge in [-0.3, -0.25) is 9.59 Å². The Bertz CT molecular complexity index is 557. The zero-order valence-electron chi connectivity index (χ0n) is 11.3. The predicted octanol–water partition coefficient (Wildman–Crippen LogP) is 3.12. The van der Waals surface area contributed by atoms with Gasteiger partial charge in [0, 0.05) is 11.8 Å². The highest BCUT2D eigenvalue weighted by Crippen LogP contribution is 2.42. The van der Waals surface area contributed by atoms with Crippen LogP contribution in [-0.2, 0) is 9.59 Å². The Morgan fingerprint density at radius 3 is 2.05 bits per heavy atom. The molecule has 0 N–H and O–H groups in total. The largest absolute Gasteiger partial charge is 0.298 e. The first-order chi connectivity index (χ1) is 9.09. The standard InChI is InChI=1S/C17H18O2/c1-10-7-8-12(11(2)9-10)15-16(18)13-5-3-4-6-14(13)17(15)19/h3-4,7-9,13-15H,5-6H2,1-2H3. The van der Waals surface area contributed by atoms with Gasteiger partial charge in [-0.1, -0.05) is 35.9 Å². The van der Waals surface area contributed by atoms with Crippen LogP contribution in [0.15, 0.2) is 30.4 Å². The van der Waals surface area contributed by atoms with E-state index >= 15 is 0 Å². The summed E-state index contributed by atoms with van der Waals surface area (Å²) < 4.78 is 0. The molecular weight excluding hydrogens is 236 g/mol. The molecule has 2 atom stereocenters. The lowest BCUT2D eigenvalue weighted by atomic mass is 9.85. The summed E-state index contributed by atoms with van der Waals surface area (Å²) in [5.74, 6) is -0.417. The van der Waals surface area contributed by atoms with E-state index in [0.717, 1.165) is 24.0 Å². The Hall–Kier alpha value is -1.70. The molecule has 0 radical (unpaired) electrons. The third kappa shape index (κ3) is 1.86. The van der Waals surface area contributed by atoms with Gasteiger partial charge in [-0.15, -0.1) is 0 Å². The predicted molar refractivity (Wildman–Crippen MR) is 74.0 cm³/mol. The average molecular weight is 254 g/mol. The summed E-state index contributed by atoms with van der Waals surface area (Å²) in [4.78, 5) is 25.1. The highest BCUT2D eigenvalue weighted by Gasteiger charge is 2.49. The van der Waals surface area contributed by atoms with Crippen molar-refractivity contribution < 1.29 is 9.59 Å². The van der Waals surface area contributed by atoms with E-state index in [9.17, 15) is 9.59 Å². The van der Waals surface area contributed by atoms with Crippen molar-refractivity contribution in [2.75, 3.05) is 0 Å². The topological polar surface area (TPSA) is 34.1 Å². The van der Waals surface area contributed by atoms with E-state index in [0.29, 0.717) is 0 Å². The number of carbonyl (C=O) groups is 2. The number of allylic oxidation sites excluding steroid dienone is 2. The number of carbonyl (C=O) groups excluding carboxylic acids is 2. The Labute approximate surface area is 113 Å². The average Bonchev–Trinajstić information content (AvgIpc) is 2.64. The molecule has 2 nitrogen and oxygen atoms in total. The van der Waals surface area contributed by atoms with Crippen LogP contribution in [-0.4, -0.2) is 11.6 Å². The maximum absolute atomic E-state index is 12.5. The normalized spacial score (nSPS) is 29.7. The summed E-state index contributed by atoms with van der Waals surface area (Å²) in [6.45, 7) is 4.02. The Kier molecular flexibility index (Phi) is 2.89. The molecule has 1 saturated carbocycles. The highest BCUT2D eigenvalue weighted by atomic mass is 16.2. The van der Waals surface area contributed by atoms with Crippen molar-refractivity contribution in [3.8, 4) is 0 Å². The maximum Gasteiger partial charge on any atom is 0.151 e. The summed E-state index contributed by atoms with van der Waals surface area (Å²) in [6.07, 6.45) is 5.54. The third-order valence-electron chi connectivity index (χ3n) is 4.47. The van der Waals surface area contributed by atoms with Gasteiger partial charge in [-0.05, 0) is 37.8 Å². The zero-order valence-corrected chi connectivity index (χ0v) is 11.3. The maximum atomic E-state index is 12.5. The molecular formula is C17H18O2. The van der Waals surface area contributed by atoms with E-state index < -0.39 is 5.92 Å². The van der Waals surface area contributed by atoms with E-state index in [1.54, 1.807) is 0 Å². The van der Waals surface area contributed by atoms with Gasteiger partial charge in [0.25, 0.3) is 0 Å². The molecule has 2 aliphatic carbocycles. The van der Waals surface area contributed by atoms with Gasteiger partial charge in [0.2, 0.25) is 0 Å². The number of ketones is 2. The van der Waals surface area contributed by atoms with Gasteiger partial charge < -0.3 is 0 Å². The number of aryl methyl sites for hydroxylation is 2. The SMILES string of the molecule is Cc1ccc(C2C(=O)C3CC=CCC3C2=O)c(C)c1. The molecule has 2 aliphatic rings. The lowest BCUT2D eigenvalue weighted by Crippen LogP contribution is -2.18. The molecule has 1 aromatic carbocycles. The minimum atomic E-state index is -0.518. The van der Waals surface area contributed by atoms with Crippen LogP contribution >= 0.6 is 0 Å². The van der Waals surface area contributed by atoms with Crippen LogP contribution in [0.2, 0.25) is 0 Å². The third-order valence-corrected chi connectivity index (χ3v) is 4.47. The van der Waals surface area contributed by atoms with Crippen LogP contribution < -0.4 is 0 Å². The lowest BCUT2D eigenvalue weighted by Gasteiger charge is -2.16. The van der Waals surface area contributed by atoms with Crippen molar-refractivity contribution in [3.05, 3.63) is 47.0 Å². The summed E-state index contributed by atoms with van der Waals surface area (Å²) in [5.41, 5.74) is 3.13. The molecule has 0 bridgehead atoms. The Morgan fingerprint density at radius 2 is 1.53 bits per heavy atom. The number of hydrogen-bond acceptors (Lipinski definition) is 2. The van der Waals surface area contributed by atoms with Crippen molar-refractivity contribution in [1.82, 2.24) is 0 Å². The quantitative estimate of drug-likeness (QED) is 0.570. The van der Waals surface area contributed by atoms with E-state index in [2.05, 4.69) is 6.07 Å². The second-order valence-electron chi connectivity index (χ2n) is 5.75. The van der Waals surface area contributed by atoms with Gasteiger partial charge in [0.15, 0.2) is 11.6 Å². The van der Waals surface area contributed by atoms with Crippen LogP contribution in [0.25, 0.3) is 0 Å². The molecule has 0 spiro atoms. The number of rotatable bonds is 1. The first-order valence-electron chi connectivity index (χ1n) is 6.89. The minimum absolute atomic E-state index is 0.0804. The molecule has 2 heteroatoms. The Balaban J connectivity index is 2.02. The molecule has 2 unspecified atom stereocenters. The van der Waals surface area contributed by atoms with Gasteiger partial charge in [-0.2, -0.15) is 0 Å². The van der Waals surface area contributed by atoms with Crippen molar-refractivity contribution in [2.45, 2.75) is 32.6 Å². The molecule has 19 heavy (non-hydrogen) atoms. The van der Waals surface area contributed by atoms with E-state index in [-0.39, 0.29) is 23.4 Å². The number of benzene rings is 1. The number of fused-ring (bicyclic) bond motifs is 1. The molecule has 0 aromatic heterocycles. The number of Topliss-reactive ketones (excluding diaryl/α,β-unsaturated/α-hetero) is 2. The zero-order chi connectivity index (χ0) is 13.6. The smallest absolute Gasteiger partial charge is 0.151 e. The molecule has 1 aromatic rings. The molecule has 0 aliphatic heterocycles.